The number of carbonyl (C=O) groups excluding carboxylic acids is 1. The van der Waals surface area contributed by atoms with Gasteiger partial charge in [-0.1, -0.05) is 32.6 Å². The molecule has 140 valence electrons. The number of nitrogens with zero attached hydrogens (tertiary/aromatic N) is 3. The SMILES string of the molecule is CCCCC1CCC(C(=O)NCCc2nnc3n2CCCCC3)CC1. The minimum atomic E-state index is 0.230. The Balaban J connectivity index is 1.39. The number of amides is 1. The first kappa shape index (κ1) is 18.4. The monoisotopic (exact) mass is 346 g/mol. The first-order valence-corrected chi connectivity index (χ1v) is 10.5. The Bertz CT molecular complexity index is 546. The summed E-state index contributed by atoms with van der Waals surface area (Å²) < 4.78 is 2.28. The summed E-state index contributed by atoms with van der Waals surface area (Å²) in [6.45, 7) is 3.98. The molecule has 0 spiro atoms. The summed E-state index contributed by atoms with van der Waals surface area (Å²) in [6.07, 6.45) is 14.1. The first-order chi connectivity index (χ1) is 12.3. The van der Waals surface area contributed by atoms with Gasteiger partial charge in [-0.05, 0) is 44.4 Å². The first-order valence-electron chi connectivity index (χ1n) is 10.5. The molecule has 1 aromatic heterocycles. The van der Waals surface area contributed by atoms with E-state index < -0.39 is 0 Å². The van der Waals surface area contributed by atoms with Crippen LogP contribution in [-0.4, -0.2) is 27.2 Å². The predicted octanol–water partition coefficient (Wildman–Crippen LogP) is 3.66. The normalized spacial score (nSPS) is 23.7. The molecule has 0 aromatic carbocycles. The van der Waals surface area contributed by atoms with Gasteiger partial charge in [-0.3, -0.25) is 4.79 Å². The van der Waals surface area contributed by atoms with Crippen molar-refractivity contribution in [3.05, 3.63) is 11.6 Å². The predicted molar refractivity (Wildman–Crippen MR) is 99.3 cm³/mol. The van der Waals surface area contributed by atoms with Crippen LogP contribution in [0.5, 0.6) is 0 Å². The van der Waals surface area contributed by atoms with Crippen LogP contribution in [0.4, 0.5) is 0 Å². The summed E-state index contributed by atoms with van der Waals surface area (Å²) in [7, 11) is 0. The molecule has 0 bridgehead atoms. The Morgan fingerprint density at radius 1 is 1.16 bits per heavy atom. The Morgan fingerprint density at radius 3 is 2.80 bits per heavy atom. The molecule has 0 unspecified atom stereocenters. The minimum Gasteiger partial charge on any atom is -0.355 e. The zero-order chi connectivity index (χ0) is 17.5. The van der Waals surface area contributed by atoms with Crippen molar-refractivity contribution in [2.75, 3.05) is 6.54 Å². The van der Waals surface area contributed by atoms with E-state index in [4.69, 9.17) is 0 Å². The molecule has 2 heterocycles. The third kappa shape index (κ3) is 5.05. The van der Waals surface area contributed by atoms with Gasteiger partial charge in [-0.15, -0.1) is 10.2 Å². The van der Waals surface area contributed by atoms with Crippen molar-refractivity contribution in [3.8, 4) is 0 Å². The second kappa shape index (κ2) is 9.35. The maximum absolute atomic E-state index is 12.4. The Kier molecular flexibility index (Phi) is 6.88. The molecule has 0 atom stereocenters. The van der Waals surface area contributed by atoms with Gasteiger partial charge in [0, 0.05) is 31.8 Å². The van der Waals surface area contributed by atoms with Crippen molar-refractivity contribution in [2.24, 2.45) is 11.8 Å². The highest BCUT2D eigenvalue weighted by atomic mass is 16.1. The summed E-state index contributed by atoms with van der Waals surface area (Å²) in [5, 5.41) is 11.8. The van der Waals surface area contributed by atoms with Crippen molar-refractivity contribution in [3.63, 3.8) is 0 Å². The van der Waals surface area contributed by atoms with E-state index in [1.807, 2.05) is 0 Å². The van der Waals surface area contributed by atoms with E-state index in [9.17, 15) is 4.79 Å². The second-order valence-electron chi connectivity index (χ2n) is 7.90. The lowest BCUT2D eigenvalue weighted by Gasteiger charge is -2.27. The van der Waals surface area contributed by atoms with Crippen LogP contribution in [0, 0.1) is 11.8 Å². The van der Waals surface area contributed by atoms with Crippen LogP contribution in [0.3, 0.4) is 0 Å². The molecule has 1 aromatic rings. The topological polar surface area (TPSA) is 59.8 Å². The van der Waals surface area contributed by atoms with Crippen LogP contribution in [0.15, 0.2) is 0 Å². The van der Waals surface area contributed by atoms with Crippen LogP contribution in [0.1, 0.15) is 82.8 Å². The molecule has 1 aliphatic carbocycles. The third-order valence-electron chi connectivity index (χ3n) is 6.02. The molecule has 1 aliphatic heterocycles. The number of hydrogen-bond acceptors (Lipinski definition) is 3. The molecule has 3 rings (SSSR count). The van der Waals surface area contributed by atoms with Gasteiger partial charge in [0.25, 0.3) is 0 Å². The standard InChI is InChI=1S/C20H34N4O/c1-2-3-7-16-9-11-17(12-10-16)20(25)21-14-13-19-23-22-18-8-5-4-6-15-24(18)19/h16-17H,2-15H2,1H3,(H,21,25). The van der Waals surface area contributed by atoms with E-state index in [1.165, 1.54) is 51.4 Å². The zero-order valence-electron chi connectivity index (χ0n) is 15.8. The van der Waals surface area contributed by atoms with Crippen molar-refractivity contribution < 1.29 is 4.79 Å². The molecule has 5 heteroatoms. The van der Waals surface area contributed by atoms with Gasteiger partial charge in [0.2, 0.25) is 5.91 Å². The van der Waals surface area contributed by atoms with Crippen LogP contribution in [0.2, 0.25) is 0 Å². The average molecular weight is 347 g/mol. The van der Waals surface area contributed by atoms with Crippen molar-refractivity contribution in [1.29, 1.82) is 0 Å². The molecule has 1 amide bonds. The summed E-state index contributed by atoms with van der Waals surface area (Å²) in [6, 6.07) is 0. The molecule has 25 heavy (non-hydrogen) atoms. The van der Waals surface area contributed by atoms with Crippen molar-refractivity contribution >= 4 is 5.91 Å². The lowest BCUT2D eigenvalue weighted by atomic mass is 9.79. The maximum atomic E-state index is 12.4. The molecule has 1 N–H and O–H groups in total. The van der Waals surface area contributed by atoms with E-state index in [0.29, 0.717) is 6.54 Å². The van der Waals surface area contributed by atoms with Gasteiger partial charge < -0.3 is 9.88 Å². The average Bonchev–Trinajstić information content (AvgIpc) is 2.87. The highest BCUT2D eigenvalue weighted by Gasteiger charge is 2.25. The Hall–Kier alpha value is -1.39. The fourth-order valence-corrected chi connectivity index (χ4v) is 4.38. The number of hydrogen-bond donors (Lipinski definition) is 1. The van der Waals surface area contributed by atoms with Crippen LogP contribution < -0.4 is 5.32 Å². The molecule has 2 aliphatic rings. The highest BCUT2D eigenvalue weighted by molar-refractivity contribution is 5.78. The van der Waals surface area contributed by atoms with Gasteiger partial charge in [-0.2, -0.15) is 0 Å². The summed E-state index contributed by atoms with van der Waals surface area (Å²) in [4.78, 5) is 12.4. The van der Waals surface area contributed by atoms with E-state index in [2.05, 4.69) is 27.0 Å². The fraction of sp³-hybridized carbons (Fsp3) is 0.850. The quantitative estimate of drug-likeness (QED) is 0.819. The number of carbonyl (C=O) groups is 1. The van der Waals surface area contributed by atoms with Crippen LogP contribution >= 0.6 is 0 Å². The van der Waals surface area contributed by atoms with Crippen LogP contribution in [0.25, 0.3) is 0 Å². The number of unbranched alkanes of at least 4 members (excludes halogenated alkanes) is 1. The molecule has 1 fully saturated rings. The molecule has 0 saturated heterocycles. The van der Waals surface area contributed by atoms with E-state index in [1.54, 1.807) is 0 Å². The molecule has 0 radical (unpaired) electrons. The Labute approximate surface area is 152 Å². The lowest BCUT2D eigenvalue weighted by molar-refractivity contribution is -0.126. The number of rotatable bonds is 7. The highest BCUT2D eigenvalue weighted by Crippen LogP contribution is 2.31. The smallest absolute Gasteiger partial charge is 0.223 e. The molecular formula is C20H34N4O. The summed E-state index contributed by atoms with van der Waals surface area (Å²) >= 11 is 0. The van der Waals surface area contributed by atoms with E-state index in [0.717, 1.165) is 49.8 Å². The van der Waals surface area contributed by atoms with E-state index in [-0.39, 0.29) is 11.8 Å². The second-order valence-corrected chi connectivity index (χ2v) is 7.90. The van der Waals surface area contributed by atoms with E-state index >= 15 is 0 Å². The minimum absolute atomic E-state index is 0.230. The van der Waals surface area contributed by atoms with Gasteiger partial charge in [0.15, 0.2) is 0 Å². The van der Waals surface area contributed by atoms with Gasteiger partial charge in [-0.25, -0.2) is 0 Å². The van der Waals surface area contributed by atoms with Gasteiger partial charge in [0.1, 0.15) is 11.6 Å². The Morgan fingerprint density at radius 2 is 2.00 bits per heavy atom. The van der Waals surface area contributed by atoms with Crippen molar-refractivity contribution in [1.82, 2.24) is 20.1 Å². The van der Waals surface area contributed by atoms with Crippen LogP contribution in [-0.2, 0) is 24.2 Å². The largest absolute Gasteiger partial charge is 0.355 e. The number of aryl methyl sites for hydroxylation is 1. The molecular weight excluding hydrogens is 312 g/mol. The number of nitrogens with one attached hydrogen (secondary N) is 1. The van der Waals surface area contributed by atoms with Gasteiger partial charge in [0.05, 0.1) is 0 Å². The lowest BCUT2D eigenvalue weighted by Crippen LogP contribution is -2.34. The van der Waals surface area contributed by atoms with Gasteiger partial charge >= 0.3 is 0 Å². The third-order valence-corrected chi connectivity index (χ3v) is 6.02. The zero-order valence-corrected chi connectivity index (χ0v) is 15.8. The maximum Gasteiger partial charge on any atom is 0.223 e. The number of fused-ring (bicyclic) bond motifs is 1. The summed E-state index contributed by atoms with van der Waals surface area (Å²) in [5.41, 5.74) is 0. The molecule has 5 nitrogen and oxygen atoms in total. The number of aromatic nitrogens is 3. The summed E-state index contributed by atoms with van der Waals surface area (Å²) in [5.74, 6) is 3.51. The molecule has 1 saturated carbocycles. The fourth-order valence-electron chi connectivity index (χ4n) is 4.38. The van der Waals surface area contributed by atoms with Crippen molar-refractivity contribution in [2.45, 2.75) is 90.5 Å².